The number of hydrogen-bond donors (Lipinski definition) is 0. The predicted molar refractivity (Wildman–Crippen MR) is 43.9 cm³/mol. The maximum atomic E-state index is 5.72. The van der Waals surface area contributed by atoms with Gasteiger partial charge in [0.05, 0.1) is 7.85 Å². The minimum absolute atomic E-state index is 0.437. The Morgan fingerprint density at radius 3 is 2.11 bits per heavy atom. The summed E-state index contributed by atoms with van der Waals surface area (Å²) in [6.07, 6.45) is 3.58. The van der Waals surface area contributed by atoms with E-state index < -0.39 is 0 Å². The molecule has 9 heavy (non-hydrogen) atoms. The van der Waals surface area contributed by atoms with Crippen LogP contribution in [0, 0.1) is 5.92 Å². The maximum Gasteiger partial charge on any atom is 0.0699 e. The molecular formula is C8H17B. The van der Waals surface area contributed by atoms with E-state index in [0.29, 0.717) is 5.82 Å². The fourth-order valence-electron chi connectivity index (χ4n) is 0.752. The second kappa shape index (κ2) is 4.90. The van der Waals surface area contributed by atoms with Gasteiger partial charge in [-0.2, -0.15) is 0 Å². The van der Waals surface area contributed by atoms with Gasteiger partial charge >= 0.3 is 0 Å². The van der Waals surface area contributed by atoms with Crippen molar-refractivity contribution < 1.29 is 0 Å². The lowest BCUT2D eigenvalue weighted by Gasteiger charge is -2.09. The Kier molecular flexibility index (Phi) is 4.93. The third kappa shape index (κ3) is 5.94. The highest BCUT2D eigenvalue weighted by atomic mass is 14.0. The first-order valence-corrected chi connectivity index (χ1v) is 3.92. The fourth-order valence-corrected chi connectivity index (χ4v) is 0.752. The second-order valence-electron chi connectivity index (χ2n) is 3.14. The fraction of sp³-hybridized carbons (Fsp3) is 1.00. The molecule has 0 rings (SSSR count). The van der Waals surface area contributed by atoms with E-state index in [1.807, 2.05) is 0 Å². The summed E-state index contributed by atoms with van der Waals surface area (Å²) in [5, 5.41) is 0. The highest BCUT2D eigenvalue weighted by Gasteiger charge is 1.99. The first-order chi connectivity index (χ1) is 4.16. The van der Waals surface area contributed by atoms with Gasteiger partial charge in [-0.3, -0.25) is 0 Å². The Labute approximate surface area is 60.4 Å². The van der Waals surface area contributed by atoms with Gasteiger partial charge in [0.2, 0.25) is 0 Å². The number of rotatable bonds is 4. The summed E-state index contributed by atoms with van der Waals surface area (Å²) >= 11 is 0. The Bertz CT molecular complexity index is 59.6. The first kappa shape index (κ1) is 9.06. The van der Waals surface area contributed by atoms with E-state index in [0.717, 1.165) is 12.3 Å². The molecule has 0 N–H and O–H groups in total. The Morgan fingerprint density at radius 2 is 1.78 bits per heavy atom. The van der Waals surface area contributed by atoms with Gasteiger partial charge in [0.15, 0.2) is 0 Å². The molecule has 1 unspecified atom stereocenters. The van der Waals surface area contributed by atoms with Crippen LogP contribution in [0.3, 0.4) is 0 Å². The molecule has 0 nitrogen and oxygen atoms in total. The molecule has 0 fully saturated rings. The van der Waals surface area contributed by atoms with Crippen molar-refractivity contribution in [2.45, 2.75) is 45.9 Å². The van der Waals surface area contributed by atoms with E-state index in [4.69, 9.17) is 7.85 Å². The van der Waals surface area contributed by atoms with Gasteiger partial charge in [-0.05, 0) is 5.92 Å². The minimum Gasteiger partial charge on any atom is -0.0776 e. The van der Waals surface area contributed by atoms with E-state index in [1.165, 1.54) is 12.8 Å². The van der Waals surface area contributed by atoms with Crippen molar-refractivity contribution in [2.24, 2.45) is 5.92 Å². The summed E-state index contributed by atoms with van der Waals surface area (Å²) in [4.78, 5) is 0. The highest BCUT2D eigenvalue weighted by molar-refractivity contribution is 6.11. The predicted octanol–water partition coefficient (Wildman–Crippen LogP) is 2.79. The topological polar surface area (TPSA) is 0 Å². The van der Waals surface area contributed by atoms with Gasteiger partial charge in [0.25, 0.3) is 0 Å². The molecule has 0 saturated heterocycles. The summed E-state index contributed by atoms with van der Waals surface area (Å²) in [6.45, 7) is 6.62. The van der Waals surface area contributed by atoms with E-state index in [-0.39, 0.29) is 0 Å². The van der Waals surface area contributed by atoms with Gasteiger partial charge in [-0.1, -0.05) is 45.9 Å². The van der Waals surface area contributed by atoms with Crippen molar-refractivity contribution in [3.05, 3.63) is 0 Å². The smallest absolute Gasteiger partial charge is 0.0699 e. The summed E-state index contributed by atoms with van der Waals surface area (Å²) in [5.41, 5.74) is 0. The van der Waals surface area contributed by atoms with Crippen LogP contribution in [0.5, 0.6) is 0 Å². The zero-order chi connectivity index (χ0) is 7.28. The van der Waals surface area contributed by atoms with Crippen LogP contribution in [0.15, 0.2) is 0 Å². The van der Waals surface area contributed by atoms with Crippen LogP contribution in [0.4, 0.5) is 0 Å². The zero-order valence-corrected chi connectivity index (χ0v) is 6.85. The van der Waals surface area contributed by atoms with Gasteiger partial charge in [-0.25, -0.2) is 0 Å². The van der Waals surface area contributed by atoms with Crippen molar-refractivity contribution in [3.8, 4) is 0 Å². The summed E-state index contributed by atoms with van der Waals surface area (Å²) in [6, 6.07) is 0. The molecule has 0 heterocycles. The first-order valence-electron chi connectivity index (χ1n) is 3.92. The van der Waals surface area contributed by atoms with Crippen LogP contribution in [0.1, 0.15) is 40.0 Å². The highest BCUT2D eigenvalue weighted by Crippen LogP contribution is 2.16. The molecule has 0 aromatic carbocycles. The molecule has 0 aliphatic heterocycles. The van der Waals surface area contributed by atoms with Crippen molar-refractivity contribution in [1.29, 1.82) is 0 Å². The molecule has 0 saturated carbocycles. The molecule has 52 valence electrons. The van der Waals surface area contributed by atoms with E-state index in [2.05, 4.69) is 20.8 Å². The molecule has 0 aromatic heterocycles. The van der Waals surface area contributed by atoms with Gasteiger partial charge in [0.1, 0.15) is 0 Å². The van der Waals surface area contributed by atoms with Crippen molar-refractivity contribution in [2.75, 3.05) is 0 Å². The maximum absolute atomic E-state index is 5.72. The Balaban J connectivity index is 3.06. The third-order valence-electron chi connectivity index (χ3n) is 1.64. The lowest BCUT2D eigenvalue weighted by atomic mass is 9.80. The summed E-state index contributed by atoms with van der Waals surface area (Å²) in [5.74, 6) is 1.25. The Hall–Kier alpha value is 0.0649. The van der Waals surface area contributed by atoms with Crippen molar-refractivity contribution in [3.63, 3.8) is 0 Å². The van der Waals surface area contributed by atoms with Crippen molar-refractivity contribution >= 4 is 7.85 Å². The van der Waals surface area contributed by atoms with E-state index in [1.54, 1.807) is 0 Å². The zero-order valence-electron chi connectivity index (χ0n) is 6.85. The third-order valence-corrected chi connectivity index (χ3v) is 1.64. The lowest BCUT2D eigenvalue weighted by molar-refractivity contribution is 0.534. The van der Waals surface area contributed by atoms with Crippen molar-refractivity contribution in [1.82, 2.24) is 0 Å². The molecule has 0 aliphatic carbocycles. The number of hydrogen-bond acceptors (Lipinski definition) is 0. The van der Waals surface area contributed by atoms with Crippen LogP contribution >= 0.6 is 0 Å². The van der Waals surface area contributed by atoms with Crippen LogP contribution in [0.2, 0.25) is 5.82 Å². The van der Waals surface area contributed by atoms with Crippen LogP contribution in [0.25, 0.3) is 0 Å². The summed E-state index contributed by atoms with van der Waals surface area (Å²) in [7, 11) is 5.72. The Morgan fingerprint density at radius 1 is 1.22 bits per heavy atom. The average molecular weight is 124 g/mol. The van der Waals surface area contributed by atoms with Crippen LogP contribution in [-0.2, 0) is 0 Å². The quantitative estimate of drug-likeness (QED) is 0.505. The molecule has 0 aromatic rings. The molecule has 0 bridgehead atoms. The SMILES string of the molecule is [B]C(CC)CCC(C)C. The van der Waals surface area contributed by atoms with Gasteiger partial charge in [-0.15, -0.1) is 0 Å². The molecule has 0 aliphatic rings. The van der Waals surface area contributed by atoms with Gasteiger partial charge in [0, 0.05) is 0 Å². The van der Waals surface area contributed by atoms with E-state index in [9.17, 15) is 0 Å². The van der Waals surface area contributed by atoms with Gasteiger partial charge < -0.3 is 0 Å². The monoisotopic (exact) mass is 124 g/mol. The molecule has 2 radical (unpaired) electrons. The molecule has 1 atom stereocenters. The average Bonchev–Trinajstić information content (AvgIpc) is 1.83. The standard InChI is InChI=1S/C8H17B/c1-4-8(9)6-5-7(2)3/h7-8H,4-6H2,1-3H3. The molecule has 1 heteroatoms. The summed E-state index contributed by atoms with van der Waals surface area (Å²) < 4.78 is 0. The molecule has 0 spiro atoms. The normalized spacial score (nSPS) is 14.2. The van der Waals surface area contributed by atoms with Crippen LogP contribution in [-0.4, -0.2) is 7.85 Å². The van der Waals surface area contributed by atoms with E-state index >= 15 is 0 Å². The lowest BCUT2D eigenvalue weighted by Crippen LogP contribution is -1.94. The second-order valence-corrected chi connectivity index (χ2v) is 3.14. The minimum atomic E-state index is 0.437. The van der Waals surface area contributed by atoms with Crippen LogP contribution < -0.4 is 0 Å². The molecular weight excluding hydrogens is 107 g/mol. The molecule has 0 amide bonds. The largest absolute Gasteiger partial charge is 0.0776 e.